The Morgan fingerprint density at radius 3 is 2.30 bits per heavy atom. The maximum absolute atomic E-state index is 13.6. The summed E-state index contributed by atoms with van der Waals surface area (Å²) in [7, 11) is 1.37. The van der Waals surface area contributed by atoms with E-state index in [4.69, 9.17) is 29.8 Å². The second-order valence-electron chi connectivity index (χ2n) is 10.9. The molecule has 240 valence electrons. The molecule has 1 saturated heterocycles. The summed E-state index contributed by atoms with van der Waals surface area (Å²) < 4.78 is 49.0. The maximum Gasteiger partial charge on any atom is 0.490 e. The van der Waals surface area contributed by atoms with Crippen LogP contribution in [0, 0.1) is 0 Å². The van der Waals surface area contributed by atoms with Crippen molar-refractivity contribution in [3.63, 3.8) is 0 Å². The zero-order chi connectivity index (χ0) is 32.9. The average molecular weight is 628 g/mol. The van der Waals surface area contributed by atoms with Crippen molar-refractivity contribution >= 4 is 17.5 Å². The fraction of sp³-hybridized carbons (Fsp3) is 0.483. The lowest BCUT2D eigenvalue weighted by atomic mass is 9.72. The van der Waals surface area contributed by atoms with E-state index in [1.54, 1.807) is 19.9 Å². The summed E-state index contributed by atoms with van der Waals surface area (Å²) in [6, 6.07) is 3.95. The van der Waals surface area contributed by atoms with Crippen molar-refractivity contribution in [2.75, 3.05) is 7.11 Å². The second-order valence-corrected chi connectivity index (χ2v) is 10.9. The van der Waals surface area contributed by atoms with E-state index < -0.39 is 71.5 Å². The Morgan fingerprint density at radius 2 is 1.75 bits per heavy atom. The molecule has 2 aromatic carbocycles. The summed E-state index contributed by atoms with van der Waals surface area (Å²) in [5, 5.41) is 51.4. The lowest BCUT2D eigenvalue weighted by molar-refractivity contribution is -0.247. The number of carboxylic acids is 1. The predicted octanol–water partition coefficient (Wildman–Crippen LogP) is 2.48. The Labute approximate surface area is 248 Å². The van der Waals surface area contributed by atoms with Crippen LogP contribution in [0.2, 0.25) is 0 Å². The number of aliphatic carboxylic acids is 1. The number of fused-ring (bicyclic) bond motifs is 3. The Kier molecular flexibility index (Phi) is 9.01. The van der Waals surface area contributed by atoms with Crippen molar-refractivity contribution in [1.29, 1.82) is 0 Å². The predicted molar refractivity (Wildman–Crippen MR) is 144 cm³/mol. The molecule has 0 radical (unpaired) electrons. The van der Waals surface area contributed by atoms with Crippen LogP contribution in [-0.2, 0) is 20.7 Å². The van der Waals surface area contributed by atoms with E-state index in [1.807, 2.05) is 0 Å². The molecule has 2 aromatic rings. The van der Waals surface area contributed by atoms with Crippen LogP contribution in [0.3, 0.4) is 0 Å². The van der Waals surface area contributed by atoms with Gasteiger partial charge in [0.15, 0.2) is 12.1 Å². The van der Waals surface area contributed by atoms with Crippen LogP contribution in [0.4, 0.5) is 13.2 Å². The van der Waals surface area contributed by atoms with Crippen LogP contribution in [-0.4, -0.2) is 86.5 Å². The number of alkyl halides is 3. The fourth-order valence-electron chi connectivity index (χ4n) is 5.74. The molecule has 1 aliphatic heterocycles. The molecule has 0 spiro atoms. The maximum atomic E-state index is 13.6. The number of nitrogens with two attached hydrogens (primary N) is 1. The topological polar surface area (TPSA) is 206 Å². The van der Waals surface area contributed by atoms with Gasteiger partial charge in [0.25, 0.3) is 0 Å². The number of hydrogen-bond acceptors (Lipinski definition) is 11. The van der Waals surface area contributed by atoms with Gasteiger partial charge in [0, 0.05) is 42.0 Å². The molecule has 2 aliphatic carbocycles. The van der Waals surface area contributed by atoms with Gasteiger partial charge in [0.2, 0.25) is 5.78 Å². The van der Waals surface area contributed by atoms with Crippen molar-refractivity contribution in [3.05, 3.63) is 51.6 Å². The molecule has 4 unspecified atom stereocenters. The number of benzene rings is 2. The molecule has 0 amide bonds. The van der Waals surface area contributed by atoms with E-state index in [0.717, 1.165) is 0 Å². The number of ketones is 2. The molecular weight excluding hydrogens is 595 g/mol. The highest BCUT2D eigenvalue weighted by atomic mass is 19.4. The van der Waals surface area contributed by atoms with Gasteiger partial charge >= 0.3 is 12.1 Å². The Bertz CT molecular complexity index is 1480. The van der Waals surface area contributed by atoms with E-state index in [1.165, 1.54) is 19.2 Å². The number of ether oxygens (including phenoxy) is 3. The first kappa shape index (κ1) is 33.1. The summed E-state index contributed by atoms with van der Waals surface area (Å²) in [5.74, 6) is -4.85. The van der Waals surface area contributed by atoms with E-state index >= 15 is 0 Å². The van der Waals surface area contributed by atoms with E-state index in [9.17, 15) is 43.2 Å². The highest BCUT2D eigenvalue weighted by Crippen LogP contribution is 2.52. The van der Waals surface area contributed by atoms with Gasteiger partial charge in [-0.25, -0.2) is 4.79 Å². The van der Waals surface area contributed by atoms with Gasteiger partial charge in [-0.05, 0) is 19.4 Å². The number of carbonyl (C=O) groups is 3. The van der Waals surface area contributed by atoms with Crippen LogP contribution >= 0.6 is 0 Å². The van der Waals surface area contributed by atoms with Crippen LogP contribution in [0.25, 0.3) is 0 Å². The number of phenolic OH excluding ortho intramolecular Hbond substituents is 2. The molecular formula is C29H32F3NO11. The molecule has 6 atom stereocenters. The summed E-state index contributed by atoms with van der Waals surface area (Å²) in [6.45, 7) is 3.44. The monoisotopic (exact) mass is 627 g/mol. The highest BCUT2D eigenvalue weighted by Gasteiger charge is 2.47. The van der Waals surface area contributed by atoms with Gasteiger partial charge in [-0.3, -0.25) is 9.59 Å². The third-order valence-corrected chi connectivity index (χ3v) is 8.12. The normalized spacial score (nSPS) is 27.8. The zero-order valence-corrected chi connectivity index (χ0v) is 23.8. The molecule has 0 saturated carbocycles. The minimum absolute atomic E-state index is 0.000101. The van der Waals surface area contributed by atoms with Crippen LogP contribution < -0.4 is 10.5 Å². The van der Waals surface area contributed by atoms with Crippen molar-refractivity contribution in [2.45, 2.75) is 82.0 Å². The zero-order valence-electron chi connectivity index (χ0n) is 23.8. The van der Waals surface area contributed by atoms with Gasteiger partial charge < -0.3 is 45.5 Å². The smallest absolute Gasteiger partial charge is 0.490 e. The standard InChI is InChI=1S/C27H31NO9.C2HF3O2/c1-4-27(34)9-13-19(16(10-27)37-17-8-14(28)22(29)11(2)36-17)26(33)21-20(24(13)31)23(30)12-6-5-7-15(35-3)18(12)25(21)32;3-2(4,5)1(6)7/h5-7,11,14,16-17,22,29,31,33-34H,4,8-10,28H2,1-3H3;(H,6,7)/t11?,14?,16-,17?,22?,27-;/m0./s1. The minimum Gasteiger partial charge on any atom is -0.507 e. The number of phenols is 2. The van der Waals surface area contributed by atoms with Crippen LogP contribution in [0.1, 0.15) is 82.2 Å². The van der Waals surface area contributed by atoms with Gasteiger partial charge in [0.05, 0.1) is 47.7 Å². The number of carbonyl (C=O) groups excluding carboxylic acids is 2. The Hall–Kier alpha value is -3.76. The molecule has 1 fully saturated rings. The number of rotatable bonds is 4. The highest BCUT2D eigenvalue weighted by molar-refractivity contribution is 6.31. The molecule has 0 bridgehead atoms. The minimum atomic E-state index is -5.08. The first-order chi connectivity index (χ1) is 20.5. The summed E-state index contributed by atoms with van der Waals surface area (Å²) >= 11 is 0. The molecule has 5 rings (SSSR count). The van der Waals surface area contributed by atoms with Gasteiger partial charge in [-0.2, -0.15) is 13.2 Å². The number of halogens is 3. The molecule has 44 heavy (non-hydrogen) atoms. The number of hydrogen-bond donors (Lipinski definition) is 6. The van der Waals surface area contributed by atoms with Gasteiger partial charge in [-0.1, -0.05) is 19.1 Å². The number of aliphatic hydroxyl groups is 2. The number of aromatic hydroxyl groups is 2. The Morgan fingerprint density at radius 1 is 1.14 bits per heavy atom. The van der Waals surface area contributed by atoms with E-state index in [-0.39, 0.29) is 58.4 Å². The SMILES string of the molecule is CC[C@]1(O)Cc2c(O)c3c(c(O)c2[C@@H](OC2CC(N)C(O)C(C)O2)C1)C(=O)c1c(OC)cccc1C3=O.O=C(O)C(F)(F)F. The van der Waals surface area contributed by atoms with Crippen molar-refractivity contribution < 1.29 is 67.3 Å². The van der Waals surface area contributed by atoms with Gasteiger partial charge in [-0.15, -0.1) is 0 Å². The molecule has 0 aromatic heterocycles. The largest absolute Gasteiger partial charge is 0.507 e. The van der Waals surface area contributed by atoms with Crippen molar-refractivity contribution in [3.8, 4) is 17.2 Å². The molecule has 1 heterocycles. The lowest BCUT2D eigenvalue weighted by Crippen LogP contribution is -2.52. The molecule has 3 aliphatic rings. The molecule has 7 N–H and O–H groups in total. The Balaban J connectivity index is 0.000000566. The first-order valence-electron chi connectivity index (χ1n) is 13.6. The van der Waals surface area contributed by atoms with E-state index in [2.05, 4.69) is 0 Å². The van der Waals surface area contributed by atoms with Gasteiger partial charge in [0.1, 0.15) is 17.2 Å². The number of methoxy groups -OCH3 is 1. The quantitative estimate of drug-likeness (QED) is 0.231. The lowest BCUT2D eigenvalue weighted by Gasteiger charge is -2.42. The van der Waals surface area contributed by atoms with Crippen molar-refractivity contribution in [2.24, 2.45) is 5.73 Å². The molecule has 15 heteroatoms. The average Bonchev–Trinajstić information content (AvgIpc) is 2.95. The number of aliphatic hydroxyl groups excluding tert-OH is 1. The molecule has 12 nitrogen and oxygen atoms in total. The third kappa shape index (κ3) is 5.85. The summed E-state index contributed by atoms with van der Waals surface area (Å²) in [6.07, 6.45) is -8.01. The summed E-state index contributed by atoms with van der Waals surface area (Å²) in [5.41, 5.74) is 4.39. The fourth-order valence-corrected chi connectivity index (χ4v) is 5.74. The van der Waals surface area contributed by atoms with E-state index in [0.29, 0.717) is 6.42 Å². The van der Waals surface area contributed by atoms with Crippen molar-refractivity contribution in [1.82, 2.24) is 0 Å². The van der Waals surface area contributed by atoms with Crippen LogP contribution in [0.5, 0.6) is 17.2 Å². The second kappa shape index (κ2) is 12.0. The van der Waals surface area contributed by atoms with Crippen LogP contribution in [0.15, 0.2) is 18.2 Å². The number of carboxylic acid groups (broad SMARTS) is 1. The third-order valence-electron chi connectivity index (χ3n) is 8.12. The first-order valence-corrected chi connectivity index (χ1v) is 13.6. The summed E-state index contributed by atoms with van der Waals surface area (Å²) in [4.78, 5) is 36.0.